The van der Waals surface area contributed by atoms with Crippen LogP contribution in [0.25, 0.3) is 0 Å². The molecule has 1 N–H and O–H groups in total. The van der Waals surface area contributed by atoms with Crippen molar-refractivity contribution < 1.29 is 4.79 Å². The van der Waals surface area contributed by atoms with Crippen LogP contribution in [0.3, 0.4) is 0 Å². The number of aromatic nitrogens is 1. The molecule has 0 aromatic carbocycles. The number of amides is 1. The number of allylic oxidation sites excluding steroid dienone is 1. The Morgan fingerprint density at radius 1 is 1.62 bits per heavy atom. The van der Waals surface area contributed by atoms with E-state index in [1.54, 1.807) is 19.2 Å². The quantitative estimate of drug-likeness (QED) is 0.648. The Morgan fingerprint density at radius 3 is 2.88 bits per heavy atom. The van der Waals surface area contributed by atoms with Crippen molar-refractivity contribution >= 4 is 23.2 Å². The van der Waals surface area contributed by atoms with E-state index in [4.69, 9.17) is 11.6 Å². The molecule has 1 heterocycles. The summed E-state index contributed by atoms with van der Waals surface area (Å²) in [4.78, 5) is 15.6. The minimum absolute atomic E-state index is 0.106. The molecule has 0 atom stereocenters. The van der Waals surface area contributed by atoms with E-state index in [0.29, 0.717) is 16.4 Å². The molecule has 0 unspecified atom stereocenters. The summed E-state index contributed by atoms with van der Waals surface area (Å²) in [7, 11) is 0. The van der Waals surface area contributed by atoms with Crippen LogP contribution in [0.2, 0.25) is 5.15 Å². The van der Waals surface area contributed by atoms with Gasteiger partial charge in [-0.3, -0.25) is 4.79 Å². The number of carbonyl (C=O) groups excluding carboxylic acids is 1. The standard InChI is InChI=1S/C12H15ClN2O/c1-4-5-8(2)12(16)15-10-6-9(3)11(13)14-7-10/h5-7H,4H2,1-3H3,(H,15,16)/b8-5-. The van der Waals surface area contributed by atoms with Gasteiger partial charge in [-0.2, -0.15) is 0 Å². The van der Waals surface area contributed by atoms with E-state index in [0.717, 1.165) is 12.0 Å². The first-order valence-electron chi connectivity index (χ1n) is 5.14. The lowest BCUT2D eigenvalue weighted by Crippen LogP contribution is -2.12. The van der Waals surface area contributed by atoms with Gasteiger partial charge in [-0.05, 0) is 31.9 Å². The van der Waals surface area contributed by atoms with Crippen LogP contribution in [0, 0.1) is 6.92 Å². The fourth-order valence-electron chi connectivity index (χ4n) is 1.26. The largest absolute Gasteiger partial charge is 0.321 e. The summed E-state index contributed by atoms with van der Waals surface area (Å²) in [5.74, 6) is -0.106. The molecule has 1 aromatic heterocycles. The fourth-order valence-corrected chi connectivity index (χ4v) is 1.36. The van der Waals surface area contributed by atoms with E-state index in [2.05, 4.69) is 10.3 Å². The Hall–Kier alpha value is -1.35. The van der Waals surface area contributed by atoms with Crippen LogP contribution in [0.4, 0.5) is 5.69 Å². The lowest BCUT2D eigenvalue weighted by molar-refractivity contribution is -0.112. The molecule has 0 bridgehead atoms. The monoisotopic (exact) mass is 238 g/mol. The molecule has 1 rings (SSSR count). The second kappa shape index (κ2) is 5.66. The highest BCUT2D eigenvalue weighted by atomic mass is 35.5. The van der Waals surface area contributed by atoms with Crippen molar-refractivity contribution in [1.29, 1.82) is 0 Å². The third kappa shape index (κ3) is 3.35. The van der Waals surface area contributed by atoms with Gasteiger partial charge in [-0.25, -0.2) is 4.98 Å². The highest BCUT2D eigenvalue weighted by Crippen LogP contribution is 2.16. The van der Waals surface area contributed by atoms with Gasteiger partial charge >= 0.3 is 0 Å². The van der Waals surface area contributed by atoms with E-state index >= 15 is 0 Å². The van der Waals surface area contributed by atoms with Gasteiger partial charge in [-0.15, -0.1) is 0 Å². The van der Waals surface area contributed by atoms with Gasteiger partial charge in [-0.1, -0.05) is 24.6 Å². The molecule has 0 spiro atoms. The molecule has 16 heavy (non-hydrogen) atoms. The number of hydrogen-bond donors (Lipinski definition) is 1. The third-order valence-electron chi connectivity index (χ3n) is 2.14. The van der Waals surface area contributed by atoms with Crippen LogP contribution >= 0.6 is 11.6 Å². The molecule has 0 aliphatic rings. The maximum atomic E-state index is 11.7. The van der Waals surface area contributed by atoms with Gasteiger partial charge in [0.2, 0.25) is 0 Å². The maximum Gasteiger partial charge on any atom is 0.251 e. The Morgan fingerprint density at radius 2 is 2.31 bits per heavy atom. The molecule has 0 aliphatic heterocycles. The van der Waals surface area contributed by atoms with Crippen LogP contribution in [0.5, 0.6) is 0 Å². The predicted molar refractivity (Wildman–Crippen MR) is 66.7 cm³/mol. The van der Waals surface area contributed by atoms with Crippen molar-refractivity contribution in [2.75, 3.05) is 5.32 Å². The first-order valence-corrected chi connectivity index (χ1v) is 5.52. The van der Waals surface area contributed by atoms with Gasteiger partial charge < -0.3 is 5.32 Å². The van der Waals surface area contributed by atoms with Crippen molar-refractivity contribution in [2.24, 2.45) is 0 Å². The Bertz CT molecular complexity index is 427. The number of aryl methyl sites for hydroxylation is 1. The zero-order valence-corrected chi connectivity index (χ0v) is 10.4. The molecule has 4 heteroatoms. The van der Waals surface area contributed by atoms with Crippen LogP contribution in [-0.2, 0) is 4.79 Å². The average Bonchev–Trinajstić information content (AvgIpc) is 2.24. The van der Waals surface area contributed by atoms with Gasteiger partial charge in [0.25, 0.3) is 5.91 Å². The van der Waals surface area contributed by atoms with Crippen molar-refractivity contribution in [1.82, 2.24) is 4.98 Å². The molecule has 3 nitrogen and oxygen atoms in total. The molecule has 0 saturated heterocycles. The van der Waals surface area contributed by atoms with E-state index in [1.165, 1.54) is 0 Å². The zero-order valence-electron chi connectivity index (χ0n) is 9.67. The zero-order chi connectivity index (χ0) is 12.1. The van der Waals surface area contributed by atoms with Crippen molar-refractivity contribution in [3.05, 3.63) is 34.6 Å². The molecule has 1 aromatic rings. The number of anilines is 1. The summed E-state index contributed by atoms with van der Waals surface area (Å²) in [5.41, 5.74) is 2.21. The highest BCUT2D eigenvalue weighted by Gasteiger charge is 2.05. The Labute approximate surface area is 101 Å². The maximum absolute atomic E-state index is 11.7. The summed E-state index contributed by atoms with van der Waals surface area (Å²) in [6, 6.07) is 1.80. The number of nitrogens with zero attached hydrogens (tertiary/aromatic N) is 1. The fraction of sp³-hybridized carbons (Fsp3) is 0.333. The van der Waals surface area contributed by atoms with Crippen molar-refractivity contribution in [3.63, 3.8) is 0 Å². The normalized spacial score (nSPS) is 11.4. The van der Waals surface area contributed by atoms with Gasteiger partial charge in [0.05, 0.1) is 11.9 Å². The van der Waals surface area contributed by atoms with E-state index < -0.39 is 0 Å². The molecule has 0 fully saturated rings. The number of carbonyl (C=O) groups is 1. The number of nitrogens with one attached hydrogen (secondary N) is 1. The second-order valence-corrected chi connectivity index (χ2v) is 3.94. The molecule has 0 aliphatic carbocycles. The number of rotatable bonds is 3. The Balaban J connectivity index is 2.77. The minimum Gasteiger partial charge on any atom is -0.321 e. The molecule has 86 valence electrons. The lowest BCUT2D eigenvalue weighted by Gasteiger charge is -2.06. The smallest absolute Gasteiger partial charge is 0.251 e. The first kappa shape index (κ1) is 12.7. The summed E-state index contributed by atoms with van der Waals surface area (Å²) in [5, 5.41) is 3.22. The lowest BCUT2D eigenvalue weighted by atomic mass is 10.2. The summed E-state index contributed by atoms with van der Waals surface area (Å²) in [6.07, 6.45) is 4.27. The average molecular weight is 239 g/mol. The highest BCUT2D eigenvalue weighted by molar-refractivity contribution is 6.30. The van der Waals surface area contributed by atoms with Crippen LogP contribution in [-0.4, -0.2) is 10.9 Å². The number of halogens is 1. The molecule has 1 amide bonds. The summed E-state index contributed by atoms with van der Waals surface area (Å²) >= 11 is 5.79. The first-order chi connectivity index (χ1) is 7.54. The number of hydrogen-bond acceptors (Lipinski definition) is 2. The second-order valence-electron chi connectivity index (χ2n) is 3.58. The van der Waals surface area contributed by atoms with Crippen LogP contribution in [0.1, 0.15) is 25.8 Å². The summed E-state index contributed by atoms with van der Waals surface area (Å²) < 4.78 is 0. The van der Waals surface area contributed by atoms with E-state index in [1.807, 2.05) is 19.9 Å². The third-order valence-corrected chi connectivity index (χ3v) is 2.54. The molecule has 0 radical (unpaired) electrons. The topological polar surface area (TPSA) is 42.0 Å². The van der Waals surface area contributed by atoms with Gasteiger partial charge in [0.15, 0.2) is 0 Å². The van der Waals surface area contributed by atoms with E-state index in [9.17, 15) is 4.79 Å². The van der Waals surface area contributed by atoms with Gasteiger partial charge in [0.1, 0.15) is 5.15 Å². The van der Waals surface area contributed by atoms with Gasteiger partial charge in [0, 0.05) is 5.57 Å². The molecular weight excluding hydrogens is 224 g/mol. The summed E-state index contributed by atoms with van der Waals surface area (Å²) in [6.45, 7) is 5.62. The minimum atomic E-state index is -0.106. The van der Waals surface area contributed by atoms with Crippen molar-refractivity contribution in [2.45, 2.75) is 27.2 Å². The van der Waals surface area contributed by atoms with Crippen LogP contribution < -0.4 is 5.32 Å². The Kier molecular flexibility index (Phi) is 4.50. The molecule has 0 saturated carbocycles. The predicted octanol–water partition coefficient (Wildman–Crippen LogP) is 3.34. The SMILES string of the molecule is CC/C=C(/C)C(=O)Nc1cnc(Cl)c(C)c1. The van der Waals surface area contributed by atoms with Crippen molar-refractivity contribution in [3.8, 4) is 0 Å². The number of pyridine rings is 1. The van der Waals surface area contributed by atoms with E-state index in [-0.39, 0.29) is 5.91 Å². The van der Waals surface area contributed by atoms with Crippen LogP contribution in [0.15, 0.2) is 23.9 Å². The molecular formula is C12H15ClN2O.